The molecule has 0 bridgehead atoms. The molecule has 3 aromatic rings. The fourth-order valence-corrected chi connectivity index (χ4v) is 2.88. The minimum Gasteiger partial charge on any atom is -0.341 e. The molecule has 1 amide bonds. The van der Waals surface area contributed by atoms with Crippen LogP contribution in [0.3, 0.4) is 0 Å². The molecule has 0 unspecified atom stereocenters. The fourth-order valence-electron chi connectivity index (χ4n) is 2.29. The zero-order valence-electron chi connectivity index (χ0n) is 11.9. The third-order valence-corrected chi connectivity index (χ3v) is 4.13. The molecule has 0 saturated heterocycles. The van der Waals surface area contributed by atoms with Crippen LogP contribution in [0.1, 0.15) is 10.4 Å². The van der Waals surface area contributed by atoms with E-state index in [1.54, 1.807) is 12.1 Å². The molecule has 0 atom stereocenters. The quantitative estimate of drug-likeness (QED) is 0.728. The van der Waals surface area contributed by atoms with Crippen molar-refractivity contribution < 1.29 is 4.79 Å². The third kappa shape index (κ3) is 2.76. The summed E-state index contributed by atoms with van der Waals surface area (Å²) in [5, 5.41) is 3.36. The van der Waals surface area contributed by atoms with Crippen molar-refractivity contribution in [1.82, 2.24) is 4.98 Å². The van der Waals surface area contributed by atoms with Crippen molar-refractivity contribution in [2.24, 2.45) is 0 Å². The van der Waals surface area contributed by atoms with E-state index in [-0.39, 0.29) is 11.3 Å². The number of carbonyl (C=O) groups is 1. The summed E-state index contributed by atoms with van der Waals surface area (Å²) in [6.45, 7) is 0. The summed E-state index contributed by atoms with van der Waals surface area (Å²) < 4.78 is 0. The van der Waals surface area contributed by atoms with Crippen LogP contribution in [-0.2, 0) is 0 Å². The summed E-state index contributed by atoms with van der Waals surface area (Å²) >= 11 is 1.51. The van der Waals surface area contributed by atoms with Gasteiger partial charge >= 0.3 is 0 Å². The number of aromatic amines is 1. The number of thioether (sulfide) groups is 1. The fraction of sp³-hybridized carbons (Fsp3) is 0.0588. The van der Waals surface area contributed by atoms with Crippen LogP contribution in [0.2, 0.25) is 0 Å². The Labute approximate surface area is 131 Å². The number of aromatic nitrogens is 1. The van der Waals surface area contributed by atoms with Crippen molar-refractivity contribution in [2.75, 3.05) is 11.6 Å². The van der Waals surface area contributed by atoms with Gasteiger partial charge in [-0.15, -0.1) is 11.8 Å². The van der Waals surface area contributed by atoms with E-state index in [1.807, 2.05) is 42.7 Å². The smallest absolute Gasteiger partial charge is 0.257 e. The number of carbonyl (C=O) groups excluding carboxylic acids is 1. The SMILES string of the molecule is CSc1ccccc1C(=O)Nc1cc(=O)c2ccccc2[nH]1. The van der Waals surface area contributed by atoms with E-state index in [9.17, 15) is 9.59 Å². The lowest BCUT2D eigenvalue weighted by Crippen LogP contribution is -2.16. The molecular weight excluding hydrogens is 296 g/mol. The molecule has 22 heavy (non-hydrogen) atoms. The van der Waals surface area contributed by atoms with Gasteiger partial charge < -0.3 is 10.3 Å². The number of pyridine rings is 1. The Balaban J connectivity index is 1.96. The number of benzene rings is 2. The Kier molecular flexibility index (Phi) is 3.98. The zero-order valence-corrected chi connectivity index (χ0v) is 12.7. The normalized spacial score (nSPS) is 10.6. The van der Waals surface area contributed by atoms with E-state index < -0.39 is 0 Å². The maximum Gasteiger partial charge on any atom is 0.257 e. The van der Waals surface area contributed by atoms with Crippen molar-refractivity contribution >= 4 is 34.4 Å². The highest BCUT2D eigenvalue weighted by Gasteiger charge is 2.11. The first-order valence-corrected chi connectivity index (χ1v) is 7.98. The molecule has 0 radical (unpaired) electrons. The van der Waals surface area contributed by atoms with Gasteiger partial charge in [0.25, 0.3) is 5.91 Å². The first kappa shape index (κ1) is 14.4. The number of hydrogen-bond acceptors (Lipinski definition) is 3. The minimum atomic E-state index is -0.240. The highest BCUT2D eigenvalue weighted by atomic mass is 32.2. The van der Waals surface area contributed by atoms with Crippen LogP contribution in [-0.4, -0.2) is 17.1 Å². The van der Waals surface area contributed by atoms with Gasteiger partial charge in [-0.2, -0.15) is 0 Å². The number of anilines is 1. The molecule has 2 N–H and O–H groups in total. The molecule has 0 saturated carbocycles. The lowest BCUT2D eigenvalue weighted by atomic mass is 10.2. The Morgan fingerprint density at radius 2 is 1.82 bits per heavy atom. The lowest BCUT2D eigenvalue weighted by molar-refractivity contribution is 0.102. The molecule has 0 aliphatic heterocycles. The standard InChI is InChI=1S/C17H14N2O2S/c1-22-15-9-5-3-7-12(15)17(21)19-16-10-14(20)11-6-2-4-8-13(11)18-16/h2-10H,1H3,(H2,18,19,20,21). The summed E-state index contributed by atoms with van der Waals surface area (Å²) in [5.74, 6) is 0.153. The second kappa shape index (κ2) is 6.07. The summed E-state index contributed by atoms with van der Waals surface area (Å²) in [4.78, 5) is 28.4. The van der Waals surface area contributed by atoms with Gasteiger partial charge in [0.05, 0.1) is 11.1 Å². The molecular formula is C17H14N2O2S. The molecule has 0 spiro atoms. The molecule has 1 heterocycles. The monoisotopic (exact) mass is 310 g/mol. The van der Waals surface area contributed by atoms with E-state index in [4.69, 9.17) is 0 Å². The second-order valence-electron chi connectivity index (χ2n) is 4.75. The van der Waals surface area contributed by atoms with Crippen LogP contribution >= 0.6 is 11.8 Å². The number of amides is 1. The topological polar surface area (TPSA) is 62.0 Å². The summed E-state index contributed by atoms with van der Waals surface area (Å²) in [7, 11) is 0. The van der Waals surface area contributed by atoms with E-state index in [0.29, 0.717) is 22.3 Å². The number of rotatable bonds is 3. The number of hydrogen-bond donors (Lipinski definition) is 2. The van der Waals surface area contributed by atoms with Crippen LogP contribution < -0.4 is 10.7 Å². The number of H-pyrrole nitrogens is 1. The van der Waals surface area contributed by atoms with E-state index >= 15 is 0 Å². The van der Waals surface area contributed by atoms with Gasteiger partial charge in [-0.1, -0.05) is 24.3 Å². The predicted molar refractivity (Wildman–Crippen MR) is 90.7 cm³/mol. The number of nitrogens with one attached hydrogen (secondary N) is 2. The van der Waals surface area contributed by atoms with Gasteiger partial charge in [-0.05, 0) is 30.5 Å². The molecule has 5 heteroatoms. The van der Waals surface area contributed by atoms with Crippen LogP contribution in [0.4, 0.5) is 5.82 Å². The highest BCUT2D eigenvalue weighted by molar-refractivity contribution is 7.98. The average molecular weight is 310 g/mol. The average Bonchev–Trinajstić information content (AvgIpc) is 2.55. The first-order chi connectivity index (χ1) is 10.7. The molecule has 4 nitrogen and oxygen atoms in total. The van der Waals surface area contributed by atoms with Crippen molar-refractivity contribution in [3.8, 4) is 0 Å². The van der Waals surface area contributed by atoms with Crippen LogP contribution in [0.5, 0.6) is 0 Å². The third-order valence-electron chi connectivity index (χ3n) is 3.34. The molecule has 0 aliphatic carbocycles. The van der Waals surface area contributed by atoms with Crippen LogP contribution in [0, 0.1) is 0 Å². The van der Waals surface area contributed by atoms with E-state index in [0.717, 1.165) is 4.90 Å². The summed E-state index contributed by atoms with van der Waals surface area (Å²) in [5.41, 5.74) is 1.16. The van der Waals surface area contributed by atoms with Crippen molar-refractivity contribution in [1.29, 1.82) is 0 Å². The molecule has 110 valence electrons. The maximum atomic E-state index is 12.4. The van der Waals surface area contributed by atoms with Gasteiger partial charge in [0.2, 0.25) is 0 Å². The Morgan fingerprint density at radius 1 is 1.09 bits per heavy atom. The number of fused-ring (bicyclic) bond motifs is 1. The summed E-state index contributed by atoms with van der Waals surface area (Å²) in [6, 6.07) is 16.0. The predicted octanol–water partition coefficient (Wildman–Crippen LogP) is 3.50. The van der Waals surface area contributed by atoms with E-state index in [2.05, 4.69) is 10.3 Å². The Hall–Kier alpha value is -2.53. The lowest BCUT2D eigenvalue weighted by Gasteiger charge is -2.09. The first-order valence-electron chi connectivity index (χ1n) is 6.75. The Morgan fingerprint density at radius 3 is 2.64 bits per heavy atom. The molecule has 0 aliphatic rings. The van der Waals surface area contributed by atoms with Gasteiger partial charge in [0.15, 0.2) is 5.43 Å². The summed E-state index contributed by atoms with van der Waals surface area (Å²) in [6.07, 6.45) is 1.92. The van der Waals surface area contributed by atoms with Crippen LogP contribution in [0.25, 0.3) is 10.9 Å². The molecule has 0 fully saturated rings. The van der Waals surface area contributed by atoms with Gasteiger partial charge in [0.1, 0.15) is 5.82 Å². The van der Waals surface area contributed by atoms with Crippen molar-refractivity contribution in [3.05, 3.63) is 70.4 Å². The number of para-hydroxylation sites is 1. The van der Waals surface area contributed by atoms with Gasteiger partial charge in [-0.25, -0.2) is 0 Å². The van der Waals surface area contributed by atoms with Crippen molar-refractivity contribution in [3.63, 3.8) is 0 Å². The second-order valence-corrected chi connectivity index (χ2v) is 5.60. The molecule has 3 rings (SSSR count). The van der Waals surface area contributed by atoms with Crippen molar-refractivity contribution in [2.45, 2.75) is 4.90 Å². The maximum absolute atomic E-state index is 12.4. The largest absolute Gasteiger partial charge is 0.341 e. The molecule has 2 aromatic carbocycles. The van der Waals surface area contributed by atoms with Gasteiger partial charge in [0, 0.05) is 16.3 Å². The van der Waals surface area contributed by atoms with Crippen LogP contribution in [0.15, 0.2) is 64.3 Å². The Bertz CT molecular complexity index is 902. The van der Waals surface area contributed by atoms with E-state index in [1.165, 1.54) is 17.8 Å². The minimum absolute atomic E-state index is 0.122. The molecule has 1 aromatic heterocycles. The van der Waals surface area contributed by atoms with Gasteiger partial charge in [-0.3, -0.25) is 9.59 Å². The highest BCUT2D eigenvalue weighted by Crippen LogP contribution is 2.21. The zero-order chi connectivity index (χ0) is 15.5.